The van der Waals surface area contributed by atoms with Gasteiger partial charge in [0.25, 0.3) is 5.91 Å². The average Bonchev–Trinajstić information content (AvgIpc) is 3.15. The van der Waals surface area contributed by atoms with Gasteiger partial charge in [-0.15, -0.1) is 0 Å². The molecule has 4 rings (SSSR count). The first-order chi connectivity index (χ1) is 12.1. The summed E-state index contributed by atoms with van der Waals surface area (Å²) in [7, 11) is 0. The number of hydrogen-bond donors (Lipinski definition) is 1. The van der Waals surface area contributed by atoms with Crippen LogP contribution in [0.4, 0.5) is 4.39 Å². The largest absolute Gasteiger partial charge is 0.459 e. The van der Waals surface area contributed by atoms with Gasteiger partial charge in [0.2, 0.25) is 0 Å². The molecule has 1 saturated carbocycles. The van der Waals surface area contributed by atoms with Crippen LogP contribution in [-0.4, -0.2) is 28.1 Å². The predicted octanol–water partition coefficient (Wildman–Crippen LogP) is 3.93. The van der Waals surface area contributed by atoms with Gasteiger partial charge in [0, 0.05) is 12.5 Å². The lowest BCUT2D eigenvalue weighted by Gasteiger charge is -2.52. The van der Waals surface area contributed by atoms with E-state index in [0.717, 1.165) is 31.2 Å². The minimum atomic E-state index is -0.753. The van der Waals surface area contributed by atoms with E-state index in [0.29, 0.717) is 18.7 Å². The summed E-state index contributed by atoms with van der Waals surface area (Å²) >= 11 is 0. The normalized spacial score (nSPS) is 29.3. The number of benzene rings is 1. The molecule has 1 aromatic heterocycles. The summed E-state index contributed by atoms with van der Waals surface area (Å²) in [5, 5.41) is 11.2. The number of nitrogens with zero attached hydrogens (tertiary/aromatic N) is 1. The van der Waals surface area contributed by atoms with Crippen molar-refractivity contribution in [3.63, 3.8) is 0 Å². The average molecular weight is 343 g/mol. The number of piperidine rings is 1. The van der Waals surface area contributed by atoms with Gasteiger partial charge in [-0.2, -0.15) is 0 Å². The van der Waals surface area contributed by atoms with Gasteiger partial charge < -0.3 is 14.4 Å². The Bertz CT molecular complexity index is 743. The number of carbonyl (C=O) groups excluding carboxylic acids is 1. The lowest BCUT2D eigenvalue weighted by molar-refractivity contribution is -0.115. The molecule has 2 heterocycles. The van der Waals surface area contributed by atoms with Gasteiger partial charge in [0.15, 0.2) is 5.76 Å². The number of carbonyl (C=O) groups is 1. The van der Waals surface area contributed by atoms with Crippen LogP contribution in [0.25, 0.3) is 0 Å². The highest BCUT2D eigenvalue weighted by molar-refractivity contribution is 5.91. The van der Waals surface area contributed by atoms with E-state index in [-0.39, 0.29) is 23.7 Å². The smallest absolute Gasteiger partial charge is 0.290 e. The van der Waals surface area contributed by atoms with Crippen LogP contribution in [-0.2, 0) is 0 Å². The molecular formula is C20H22FNO3. The summed E-state index contributed by atoms with van der Waals surface area (Å²) in [6, 6.07) is 9.37. The van der Waals surface area contributed by atoms with Crippen molar-refractivity contribution in [2.45, 2.75) is 43.7 Å². The summed E-state index contributed by atoms with van der Waals surface area (Å²) in [6.07, 6.45) is 5.73. The summed E-state index contributed by atoms with van der Waals surface area (Å²) in [5.74, 6) is -0.220. The van der Waals surface area contributed by atoms with E-state index in [1.807, 2.05) is 0 Å². The third-order valence-corrected chi connectivity index (χ3v) is 5.77. The van der Waals surface area contributed by atoms with Crippen molar-refractivity contribution in [3.05, 3.63) is 59.8 Å². The molecule has 0 unspecified atom stereocenters. The van der Waals surface area contributed by atoms with Crippen LogP contribution in [0.3, 0.4) is 0 Å². The topological polar surface area (TPSA) is 53.7 Å². The van der Waals surface area contributed by atoms with Crippen molar-refractivity contribution in [1.82, 2.24) is 4.90 Å². The molecule has 2 fully saturated rings. The Morgan fingerprint density at radius 2 is 2.00 bits per heavy atom. The van der Waals surface area contributed by atoms with E-state index < -0.39 is 5.60 Å². The quantitative estimate of drug-likeness (QED) is 0.899. The van der Waals surface area contributed by atoms with Gasteiger partial charge in [0.1, 0.15) is 5.82 Å². The predicted molar refractivity (Wildman–Crippen MR) is 90.4 cm³/mol. The van der Waals surface area contributed by atoms with Crippen LogP contribution in [0.15, 0.2) is 47.1 Å². The van der Waals surface area contributed by atoms with Gasteiger partial charge in [-0.3, -0.25) is 4.79 Å². The van der Waals surface area contributed by atoms with E-state index in [4.69, 9.17) is 4.42 Å². The number of likely N-dealkylation sites (tertiary alicyclic amines) is 1. The van der Waals surface area contributed by atoms with Gasteiger partial charge >= 0.3 is 0 Å². The second kappa shape index (κ2) is 6.30. The number of fused-ring (bicyclic) bond motifs is 1. The van der Waals surface area contributed by atoms with Crippen LogP contribution in [0.2, 0.25) is 0 Å². The number of hydrogen-bond acceptors (Lipinski definition) is 3. The number of halogens is 1. The molecule has 25 heavy (non-hydrogen) atoms. The minimum Gasteiger partial charge on any atom is -0.459 e. The van der Waals surface area contributed by atoms with Crippen LogP contribution in [0.5, 0.6) is 0 Å². The molecule has 1 aliphatic carbocycles. The molecule has 1 N–H and O–H groups in total. The van der Waals surface area contributed by atoms with Gasteiger partial charge in [0.05, 0.1) is 17.9 Å². The molecule has 0 bridgehead atoms. The highest BCUT2D eigenvalue weighted by Crippen LogP contribution is 2.49. The highest BCUT2D eigenvalue weighted by Gasteiger charge is 2.50. The Morgan fingerprint density at radius 1 is 1.20 bits per heavy atom. The first kappa shape index (κ1) is 16.3. The highest BCUT2D eigenvalue weighted by atomic mass is 19.1. The maximum Gasteiger partial charge on any atom is 0.290 e. The van der Waals surface area contributed by atoms with Crippen LogP contribution in [0, 0.1) is 11.7 Å². The maximum atomic E-state index is 13.4. The zero-order chi connectivity index (χ0) is 17.4. The molecule has 1 aliphatic heterocycles. The Hall–Kier alpha value is -2.14. The Labute approximate surface area is 146 Å². The third kappa shape index (κ3) is 2.86. The molecule has 4 nitrogen and oxygen atoms in total. The van der Waals surface area contributed by atoms with Crippen molar-refractivity contribution in [1.29, 1.82) is 0 Å². The van der Waals surface area contributed by atoms with Crippen LogP contribution < -0.4 is 0 Å². The fourth-order valence-corrected chi connectivity index (χ4v) is 4.52. The fraction of sp³-hybridized carbons (Fsp3) is 0.450. The van der Waals surface area contributed by atoms with Crippen LogP contribution >= 0.6 is 0 Å². The molecule has 0 spiro atoms. The monoisotopic (exact) mass is 343 g/mol. The molecule has 2 aliphatic rings. The Kier molecular flexibility index (Phi) is 4.12. The van der Waals surface area contributed by atoms with Crippen LogP contribution in [0.1, 0.15) is 54.3 Å². The van der Waals surface area contributed by atoms with Crippen molar-refractivity contribution in [2.24, 2.45) is 5.92 Å². The summed E-state index contributed by atoms with van der Waals surface area (Å²) < 4.78 is 18.7. The van der Waals surface area contributed by atoms with Gasteiger partial charge in [-0.1, -0.05) is 25.0 Å². The van der Waals surface area contributed by atoms with E-state index in [1.165, 1.54) is 18.4 Å². The Morgan fingerprint density at radius 3 is 2.72 bits per heavy atom. The third-order valence-electron chi connectivity index (χ3n) is 5.77. The van der Waals surface area contributed by atoms with E-state index in [2.05, 4.69) is 0 Å². The SMILES string of the molecule is O=C(c1ccco1)N1CC[C@@]2(O)CCCC[C@H]2[C@@H]1c1ccc(F)cc1. The molecule has 1 aromatic carbocycles. The number of rotatable bonds is 2. The number of amides is 1. The van der Waals surface area contributed by atoms with Gasteiger partial charge in [-0.05, 0) is 49.1 Å². The lowest BCUT2D eigenvalue weighted by atomic mass is 9.66. The standard InChI is InChI=1S/C20H22FNO3/c21-15-8-6-14(7-9-15)18-16-4-1-2-10-20(16,24)11-12-22(18)19(23)17-5-3-13-25-17/h3,5-9,13,16,18,24H,1-2,4,10-12H2/t16-,18-,20-/m0/s1. The summed E-state index contributed by atoms with van der Waals surface area (Å²) in [6.45, 7) is 0.467. The molecule has 1 amide bonds. The Balaban J connectivity index is 1.74. The number of furan rings is 1. The lowest BCUT2D eigenvalue weighted by Crippen LogP contribution is -2.56. The van der Waals surface area contributed by atoms with E-state index in [1.54, 1.807) is 29.2 Å². The molecule has 132 valence electrons. The fourth-order valence-electron chi connectivity index (χ4n) is 4.52. The molecule has 1 saturated heterocycles. The maximum absolute atomic E-state index is 13.4. The zero-order valence-corrected chi connectivity index (χ0v) is 14.0. The zero-order valence-electron chi connectivity index (χ0n) is 14.0. The summed E-state index contributed by atoms with van der Waals surface area (Å²) in [4.78, 5) is 14.8. The minimum absolute atomic E-state index is 0.0422. The molecule has 3 atom stereocenters. The molecular weight excluding hydrogens is 321 g/mol. The van der Waals surface area contributed by atoms with Crippen molar-refractivity contribution < 1.29 is 18.7 Å². The first-order valence-electron chi connectivity index (χ1n) is 8.91. The van der Waals surface area contributed by atoms with E-state index >= 15 is 0 Å². The molecule has 5 heteroatoms. The van der Waals surface area contributed by atoms with Crippen molar-refractivity contribution in [3.8, 4) is 0 Å². The van der Waals surface area contributed by atoms with E-state index in [9.17, 15) is 14.3 Å². The summed E-state index contributed by atoms with van der Waals surface area (Å²) in [5.41, 5.74) is 0.114. The number of aliphatic hydroxyl groups is 1. The van der Waals surface area contributed by atoms with Gasteiger partial charge in [-0.25, -0.2) is 4.39 Å². The molecule has 2 aromatic rings. The van der Waals surface area contributed by atoms with Crippen molar-refractivity contribution in [2.75, 3.05) is 6.54 Å². The second-order valence-electron chi connectivity index (χ2n) is 7.18. The second-order valence-corrected chi connectivity index (χ2v) is 7.18. The molecule has 0 radical (unpaired) electrons. The first-order valence-corrected chi connectivity index (χ1v) is 8.91. The van der Waals surface area contributed by atoms with Crippen molar-refractivity contribution >= 4 is 5.91 Å².